The van der Waals surface area contributed by atoms with Gasteiger partial charge in [0.1, 0.15) is 5.60 Å². The second-order valence-corrected chi connectivity index (χ2v) is 4.17. The standard InChI is InChI=1S/C10H19ClO2/c1-5-8(3)7-10(4,6-2)13-9(11)12/h8H,5-7H2,1-4H3. The molecule has 0 amide bonds. The Morgan fingerprint density at radius 1 is 1.54 bits per heavy atom. The first-order valence-corrected chi connectivity index (χ1v) is 5.19. The fourth-order valence-corrected chi connectivity index (χ4v) is 1.52. The lowest BCUT2D eigenvalue weighted by molar-refractivity contribution is 0.0198. The molecule has 3 heteroatoms. The zero-order valence-electron chi connectivity index (χ0n) is 8.89. The van der Waals surface area contributed by atoms with Gasteiger partial charge in [0.25, 0.3) is 0 Å². The van der Waals surface area contributed by atoms with Gasteiger partial charge in [-0.1, -0.05) is 27.2 Å². The molecule has 0 aromatic carbocycles. The molecule has 0 saturated heterocycles. The van der Waals surface area contributed by atoms with Crippen molar-refractivity contribution in [3.8, 4) is 0 Å². The van der Waals surface area contributed by atoms with Gasteiger partial charge in [-0.05, 0) is 25.7 Å². The minimum Gasteiger partial charge on any atom is -0.447 e. The van der Waals surface area contributed by atoms with E-state index in [2.05, 4.69) is 13.8 Å². The van der Waals surface area contributed by atoms with Crippen LogP contribution in [0.2, 0.25) is 0 Å². The molecule has 2 nitrogen and oxygen atoms in total. The molecule has 0 saturated carbocycles. The summed E-state index contributed by atoms with van der Waals surface area (Å²) < 4.78 is 5.09. The monoisotopic (exact) mass is 206 g/mol. The van der Waals surface area contributed by atoms with E-state index in [0.29, 0.717) is 5.92 Å². The molecule has 0 rings (SSSR count). The number of halogens is 1. The van der Waals surface area contributed by atoms with E-state index in [1.54, 1.807) is 0 Å². The summed E-state index contributed by atoms with van der Waals surface area (Å²) in [4.78, 5) is 10.6. The number of carbonyl (C=O) groups excluding carboxylic acids is 1. The van der Waals surface area contributed by atoms with Crippen LogP contribution < -0.4 is 0 Å². The second kappa shape index (κ2) is 5.48. The number of hydrogen-bond donors (Lipinski definition) is 0. The molecule has 0 fully saturated rings. The highest BCUT2D eigenvalue weighted by atomic mass is 35.5. The third kappa shape index (κ3) is 5.14. The molecule has 0 heterocycles. The lowest BCUT2D eigenvalue weighted by atomic mass is 9.89. The number of hydrogen-bond acceptors (Lipinski definition) is 2. The Bertz CT molecular complexity index is 170. The average molecular weight is 207 g/mol. The summed E-state index contributed by atoms with van der Waals surface area (Å²) in [5, 5.41) is 0. The molecule has 0 N–H and O–H groups in total. The molecule has 0 bridgehead atoms. The average Bonchev–Trinajstić information content (AvgIpc) is 2.02. The zero-order valence-corrected chi connectivity index (χ0v) is 9.65. The lowest BCUT2D eigenvalue weighted by Gasteiger charge is -2.29. The van der Waals surface area contributed by atoms with E-state index in [0.717, 1.165) is 19.3 Å². The molecule has 13 heavy (non-hydrogen) atoms. The molecular weight excluding hydrogens is 188 g/mol. The Balaban J connectivity index is 4.18. The summed E-state index contributed by atoms with van der Waals surface area (Å²) in [5.74, 6) is 0.556. The lowest BCUT2D eigenvalue weighted by Crippen LogP contribution is -2.31. The Labute approximate surface area is 85.6 Å². The smallest absolute Gasteiger partial charge is 0.404 e. The van der Waals surface area contributed by atoms with Gasteiger partial charge >= 0.3 is 5.43 Å². The van der Waals surface area contributed by atoms with Crippen LogP contribution in [-0.4, -0.2) is 11.0 Å². The molecule has 78 valence electrons. The van der Waals surface area contributed by atoms with Crippen LogP contribution in [0.25, 0.3) is 0 Å². The predicted molar refractivity (Wildman–Crippen MR) is 55.1 cm³/mol. The fourth-order valence-electron chi connectivity index (χ4n) is 1.33. The molecule has 0 aliphatic carbocycles. The SMILES string of the molecule is CCC(C)CC(C)(CC)OC(=O)Cl. The van der Waals surface area contributed by atoms with E-state index in [9.17, 15) is 4.79 Å². The third-order valence-corrected chi connectivity index (χ3v) is 2.63. The third-order valence-electron chi connectivity index (χ3n) is 2.55. The Kier molecular flexibility index (Phi) is 5.38. The first kappa shape index (κ1) is 12.8. The van der Waals surface area contributed by atoms with Crippen LogP contribution >= 0.6 is 11.6 Å². The molecule has 0 radical (unpaired) electrons. The largest absolute Gasteiger partial charge is 0.447 e. The minimum atomic E-state index is -0.701. The molecule has 0 aromatic heterocycles. The summed E-state index contributed by atoms with van der Waals surface area (Å²) >= 11 is 5.21. The van der Waals surface area contributed by atoms with Gasteiger partial charge in [-0.2, -0.15) is 0 Å². The van der Waals surface area contributed by atoms with Crippen LogP contribution in [0.1, 0.15) is 47.0 Å². The van der Waals surface area contributed by atoms with Crippen LogP contribution in [0.5, 0.6) is 0 Å². The van der Waals surface area contributed by atoms with Gasteiger partial charge in [-0.3, -0.25) is 0 Å². The Morgan fingerprint density at radius 2 is 2.08 bits per heavy atom. The predicted octanol–water partition coefficient (Wildman–Crippen LogP) is 3.97. The van der Waals surface area contributed by atoms with Crippen LogP contribution in [0.4, 0.5) is 4.79 Å². The molecule has 0 spiro atoms. The van der Waals surface area contributed by atoms with Gasteiger partial charge in [0.05, 0.1) is 0 Å². The quantitative estimate of drug-likeness (QED) is 0.637. The van der Waals surface area contributed by atoms with Crippen molar-refractivity contribution in [2.24, 2.45) is 5.92 Å². The number of carbonyl (C=O) groups is 1. The van der Waals surface area contributed by atoms with Gasteiger partial charge in [0.15, 0.2) is 0 Å². The fraction of sp³-hybridized carbons (Fsp3) is 0.900. The van der Waals surface area contributed by atoms with E-state index >= 15 is 0 Å². The van der Waals surface area contributed by atoms with Gasteiger partial charge in [-0.25, -0.2) is 4.79 Å². The Morgan fingerprint density at radius 3 is 2.38 bits per heavy atom. The first-order chi connectivity index (χ1) is 5.93. The van der Waals surface area contributed by atoms with Crippen molar-refractivity contribution in [2.45, 2.75) is 52.6 Å². The first-order valence-electron chi connectivity index (χ1n) is 4.82. The summed E-state index contributed by atoms with van der Waals surface area (Å²) in [5.41, 5.74) is -1.10. The van der Waals surface area contributed by atoms with Crippen molar-refractivity contribution in [3.63, 3.8) is 0 Å². The number of ether oxygens (including phenoxy) is 1. The van der Waals surface area contributed by atoms with Crippen LogP contribution in [0.3, 0.4) is 0 Å². The van der Waals surface area contributed by atoms with Gasteiger partial charge in [0, 0.05) is 11.6 Å². The normalized spacial score (nSPS) is 17.6. The number of rotatable bonds is 5. The van der Waals surface area contributed by atoms with Crippen molar-refractivity contribution < 1.29 is 9.53 Å². The summed E-state index contributed by atoms with van der Waals surface area (Å²) in [6, 6.07) is 0. The molecular formula is C10H19ClO2. The molecule has 2 atom stereocenters. The molecule has 0 aliphatic rings. The Hall–Kier alpha value is -0.240. The maximum Gasteiger partial charge on any atom is 0.404 e. The molecule has 0 aliphatic heterocycles. The second-order valence-electron chi connectivity index (χ2n) is 3.86. The van der Waals surface area contributed by atoms with Gasteiger partial charge < -0.3 is 4.74 Å². The van der Waals surface area contributed by atoms with Crippen LogP contribution in [0, 0.1) is 5.92 Å². The highest BCUT2D eigenvalue weighted by Gasteiger charge is 2.27. The maximum atomic E-state index is 10.6. The van der Waals surface area contributed by atoms with E-state index in [1.807, 2.05) is 13.8 Å². The maximum absolute atomic E-state index is 10.6. The van der Waals surface area contributed by atoms with Crippen molar-refractivity contribution in [3.05, 3.63) is 0 Å². The van der Waals surface area contributed by atoms with E-state index in [4.69, 9.17) is 16.3 Å². The summed E-state index contributed by atoms with van der Waals surface area (Å²) in [7, 11) is 0. The summed E-state index contributed by atoms with van der Waals surface area (Å²) in [6.07, 6.45) is 2.77. The van der Waals surface area contributed by atoms with Crippen LogP contribution in [0.15, 0.2) is 0 Å². The van der Waals surface area contributed by atoms with E-state index in [-0.39, 0.29) is 0 Å². The van der Waals surface area contributed by atoms with Crippen LogP contribution in [-0.2, 0) is 4.74 Å². The van der Waals surface area contributed by atoms with Gasteiger partial charge in [0.2, 0.25) is 0 Å². The van der Waals surface area contributed by atoms with Crippen molar-refractivity contribution in [1.82, 2.24) is 0 Å². The van der Waals surface area contributed by atoms with E-state index in [1.165, 1.54) is 0 Å². The minimum absolute atomic E-state index is 0.395. The highest BCUT2D eigenvalue weighted by molar-refractivity contribution is 6.61. The van der Waals surface area contributed by atoms with E-state index < -0.39 is 11.0 Å². The van der Waals surface area contributed by atoms with Crippen molar-refractivity contribution in [1.29, 1.82) is 0 Å². The van der Waals surface area contributed by atoms with Gasteiger partial charge in [-0.15, -0.1) is 0 Å². The topological polar surface area (TPSA) is 26.3 Å². The zero-order chi connectivity index (χ0) is 10.5. The highest BCUT2D eigenvalue weighted by Crippen LogP contribution is 2.26. The van der Waals surface area contributed by atoms with Crippen molar-refractivity contribution >= 4 is 17.0 Å². The van der Waals surface area contributed by atoms with Crippen molar-refractivity contribution in [2.75, 3.05) is 0 Å². The molecule has 0 aromatic rings. The summed E-state index contributed by atoms with van der Waals surface area (Å²) in [6.45, 7) is 8.21. The molecule has 2 unspecified atom stereocenters.